The number of amides is 1. The van der Waals surface area contributed by atoms with Crippen molar-refractivity contribution in [3.63, 3.8) is 0 Å². The van der Waals surface area contributed by atoms with E-state index < -0.39 is 6.61 Å². The Labute approximate surface area is 201 Å². The number of nitrogens with zero attached hydrogens (tertiary/aromatic N) is 1. The van der Waals surface area contributed by atoms with Gasteiger partial charge < -0.3 is 30.2 Å². The molecule has 0 saturated carbocycles. The Morgan fingerprint density at radius 1 is 1.09 bits per heavy atom. The van der Waals surface area contributed by atoms with Crippen LogP contribution in [0.2, 0.25) is 0 Å². The lowest BCUT2D eigenvalue weighted by Gasteiger charge is -2.14. The van der Waals surface area contributed by atoms with Gasteiger partial charge in [-0.1, -0.05) is 18.2 Å². The van der Waals surface area contributed by atoms with E-state index in [0.29, 0.717) is 48.2 Å². The van der Waals surface area contributed by atoms with Crippen molar-refractivity contribution >= 4 is 35.8 Å². The molecule has 0 unspecified atom stereocenters. The molecule has 0 bridgehead atoms. The number of benzene rings is 2. The van der Waals surface area contributed by atoms with E-state index in [9.17, 15) is 13.6 Å². The second-order valence-electron chi connectivity index (χ2n) is 6.44. The molecule has 32 heavy (non-hydrogen) atoms. The molecule has 2 aromatic carbocycles. The summed E-state index contributed by atoms with van der Waals surface area (Å²) in [6.45, 7) is 0.430. The van der Waals surface area contributed by atoms with Gasteiger partial charge in [-0.2, -0.15) is 8.78 Å². The van der Waals surface area contributed by atoms with E-state index in [-0.39, 0.29) is 49.0 Å². The Bertz CT molecular complexity index is 916. The van der Waals surface area contributed by atoms with Crippen LogP contribution in [-0.2, 0) is 6.54 Å². The SMILES string of the molecule is CCNC(=NCc1cc2c(cc1OC(F)F)OCO2)NCCNC(=O)c1ccccc1.I. The van der Waals surface area contributed by atoms with Crippen LogP contribution in [0.3, 0.4) is 0 Å². The molecular weight excluding hydrogens is 537 g/mol. The van der Waals surface area contributed by atoms with Crippen LogP contribution >= 0.6 is 24.0 Å². The van der Waals surface area contributed by atoms with Crippen molar-refractivity contribution in [2.24, 2.45) is 4.99 Å². The molecule has 0 atom stereocenters. The molecule has 0 aliphatic carbocycles. The van der Waals surface area contributed by atoms with Crippen LogP contribution in [0.5, 0.6) is 17.2 Å². The first-order valence-corrected chi connectivity index (χ1v) is 9.79. The fourth-order valence-electron chi connectivity index (χ4n) is 2.85. The highest BCUT2D eigenvalue weighted by atomic mass is 127. The summed E-state index contributed by atoms with van der Waals surface area (Å²) in [5.41, 5.74) is 1.01. The van der Waals surface area contributed by atoms with Crippen LogP contribution in [0.15, 0.2) is 47.5 Å². The number of hydrogen-bond donors (Lipinski definition) is 3. The van der Waals surface area contributed by atoms with Gasteiger partial charge in [0.1, 0.15) is 5.75 Å². The van der Waals surface area contributed by atoms with Gasteiger partial charge in [-0.25, -0.2) is 4.99 Å². The first kappa shape index (κ1) is 25.4. The molecule has 1 heterocycles. The lowest BCUT2D eigenvalue weighted by atomic mass is 10.1. The largest absolute Gasteiger partial charge is 0.454 e. The van der Waals surface area contributed by atoms with E-state index in [0.717, 1.165) is 0 Å². The third kappa shape index (κ3) is 7.39. The van der Waals surface area contributed by atoms with E-state index in [1.165, 1.54) is 6.07 Å². The Morgan fingerprint density at radius 2 is 1.78 bits per heavy atom. The Hall–Kier alpha value is -2.83. The van der Waals surface area contributed by atoms with E-state index in [4.69, 9.17) is 9.47 Å². The minimum absolute atomic E-state index is 0. The van der Waals surface area contributed by atoms with Gasteiger partial charge in [0.25, 0.3) is 5.91 Å². The zero-order valence-electron chi connectivity index (χ0n) is 17.4. The molecule has 2 aromatic rings. The first-order chi connectivity index (χ1) is 15.1. The van der Waals surface area contributed by atoms with Gasteiger partial charge in [0.05, 0.1) is 6.54 Å². The van der Waals surface area contributed by atoms with Crippen LogP contribution in [0.1, 0.15) is 22.8 Å². The zero-order valence-corrected chi connectivity index (χ0v) is 19.7. The van der Waals surface area contributed by atoms with E-state index in [1.807, 2.05) is 13.0 Å². The third-order valence-corrected chi connectivity index (χ3v) is 4.26. The number of carbonyl (C=O) groups is 1. The highest BCUT2D eigenvalue weighted by Crippen LogP contribution is 2.39. The second kappa shape index (κ2) is 12.9. The zero-order chi connectivity index (χ0) is 22.1. The van der Waals surface area contributed by atoms with Crippen molar-refractivity contribution in [1.29, 1.82) is 0 Å². The number of guanidine groups is 1. The lowest BCUT2D eigenvalue weighted by molar-refractivity contribution is -0.0505. The summed E-state index contributed by atoms with van der Waals surface area (Å²) in [6.07, 6.45) is 0. The fourth-order valence-corrected chi connectivity index (χ4v) is 2.85. The molecule has 0 radical (unpaired) electrons. The van der Waals surface area contributed by atoms with E-state index >= 15 is 0 Å². The summed E-state index contributed by atoms with van der Waals surface area (Å²) in [4.78, 5) is 16.5. The van der Waals surface area contributed by atoms with Crippen LogP contribution in [0.4, 0.5) is 8.78 Å². The smallest absolute Gasteiger partial charge is 0.387 e. The molecule has 8 nitrogen and oxygen atoms in total. The topological polar surface area (TPSA) is 93.2 Å². The number of hydrogen-bond acceptors (Lipinski definition) is 5. The van der Waals surface area contributed by atoms with Crippen LogP contribution in [0, 0.1) is 0 Å². The highest BCUT2D eigenvalue weighted by Gasteiger charge is 2.20. The van der Waals surface area contributed by atoms with Gasteiger partial charge in [0, 0.05) is 36.8 Å². The molecule has 0 spiro atoms. The molecule has 0 aromatic heterocycles. The number of carbonyl (C=O) groups excluding carboxylic acids is 1. The molecule has 3 rings (SSSR count). The molecule has 0 fully saturated rings. The first-order valence-electron chi connectivity index (χ1n) is 9.79. The second-order valence-corrected chi connectivity index (χ2v) is 6.44. The number of halogens is 3. The Morgan fingerprint density at radius 3 is 2.47 bits per heavy atom. The molecule has 1 aliphatic heterocycles. The minimum Gasteiger partial charge on any atom is -0.454 e. The van der Waals surface area contributed by atoms with Crippen LogP contribution in [-0.4, -0.2) is 44.9 Å². The van der Waals surface area contributed by atoms with Crippen LogP contribution < -0.4 is 30.2 Å². The van der Waals surface area contributed by atoms with Crippen molar-refractivity contribution in [3.05, 3.63) is 53.6 Å². The van der Waals surface area contributed by atoms with Gasteiger partial charge in [-0.15, -0.1) is 24.0 Å². The van der Waals surface area contributed by atoms with Gasteiger partial charge in [0.15, 0.2) is 17.5 Å². The summed E-state index contributed by atoms with van der Waals surface area (Å²) in [5, 5.41) is 8.97. The number of fused-ring (bicyclic) bond motifs is 1. The van der Waals surface area contributed by atoms with Crippen molar-refractivity contribution in [2.45, 2.75) is 20.1 Å². The average Bonchev–Trinajstić information content (AvgIpc) is 3.22. The van der Waals surface area contributed by atoms with Crippen molar-refractivity contribution in [1.82, 2.24) is 16.0 Å². The minimum atomic E-state index is -2.97. The number of rotatable bonds is 9. The van der Waals surface area contributed by atoms with Gasteiger partial charge in [-0.3, -0.25) is 4.79 Å². The average molecular weight is 562 g/mol. The molecule has 1 aliphatic rings. The Kier molecular flexibility index (Phi) is 10.2. The predicted molar refractivity (Wildman–Crippen MR) is 126 cm³/mol. The predicted octanol–water partition coefficient (Wildman–Crippen LogP) is 3.12. The maximum absolute atomic E-state index is 12.8. The highest BCUT2D eigenvalue weighted by molar-refractivity contribution is 14.0. The summed E-state index contributed by atoms with van der Waals surface area (Å²) in [7, 11) is 0. The van der Waals surface area contributed by atoms with Gasteiger partial charge >= 0.3 is 6.61 Å². The summed E-state index contributed by atoms with van der Waals surface area (Å²) < 4.78 is 40.7. The quantitative estimate of drug-likeness (QED) is 0.188. The Balaban J connectivity index is 0.00000363. The number of nitrogens with one attached hydrogen (secondary N) is 3. The number of aliphatic imine (C=N–C) groups is 1. The number of alkyl halides is 2. The van der Waals surface area contributed by atoms with Crippen molar-refractivity contribution in [3.8, 4) is 17.2 Å². The summed E-state index contributed by atoms with van der Waals surface area (Å²) in [6, 6.07) is 11.9. The molecule has 174 valence electrons. The van der Waals surface area contributed by atoms with Gasteiger partial charge in [-0.05, 0) is 25.1 Å². The monoisotopic (exact) mass is 562 g/mol. The fraction of sp³-hybridized carbons (Fsp3) is 0.333. The lowest BCUT2D eigenvalue weighted by Crippen LogP contribution is -2.41. The third-order valence-electron chi connectivity index (χ3n) is 4.26. The molecule has 11 heteroatoms. The summed E-state index contributed by atoms with van der Waals surface area (Å²) in [5.74, 6) is 1.08. The van der Waals surface area contributed by atoms with E-state index in [2.05, 4.69) is 25.7 Å². The van der Waals surface area contributed by atoms with Gasteiger partial charge in [0.2, 0.25) is 6.79 Å². The molecule has 1 amide bonds. The molecular formula is C21H25F2IN4O4. The standard InChI is InChI=1S/C21H24F2N4O4.HI/c1-2-24-21(26-9-8-25-19(28)14-6-4-3-5-7-14)27-12-15-10-17-18(30-13-29-17)11-16(15)31-20(22)23;/h3-7,10-11,20H,2,8-9,12-13H2,1H3,(H,25,28)(H2,24,26,27);1H. The molecule has 0 saturated heterocycles. The number of ether oxygens (including phenoxy) is 3. The maximum atomic E-state index is 12.8. The normalized spacial score (nSPS) is 12.2. The maximum Gasteiger partial charge on any atom is 0.387 e. The molecule has 3 N–H and O–H groups in total. The van der Waals surface area contributed by atoms with Crippen LogP contribution in [0.25, 0.3) is 0 Å². The van der Waals surface area contributed by atoms with E-state index in [1.54, 1.807) is 30.3 Å². The summed E-state index contributed by atoms with van der Waals surface area (Å²) >= 11 is 0. The van der Waals surface area contributed by atoms with Crippen molar-refractivity contribution in [2.75, 3.05) is 26.4 Å². The van der Waals surface area contributed by atoms with Crippen molar-refractivity contribution < 1.29 is 27.8 Å².